The van der Waals surface area contributed by atoms with E-state index in [0.29, 0.717) is 0 Å². The maximum absolute atomic E-state index is 6.34. The molecule has 1 aliphatic carbocycles. The van der Waals surface area contributed by atoms with Crippen LogP contribution < -0.4 is 4.74 Å². The fourth-order valence-electron chi connectivity index (χ4n) is 4.15. The topological polar surface area (TPSA) is 33.5 Å². The average Bonchev–Trinajstić information content (AvgIpc) is 3.44. The lowest BCUT2D eigenvalue weighted by molar-refractivity contribution is 0.170. The molecular weight excluding hydrogens is 360 g/mol. The van der Waals surface area contributed by atoms with Gasteiger partial charge in [0.05, 0.1) is 11.3 Å². The highest BCUT2D eigenvalue weighted by molar-refractivity contribution is 6.30. The van der Waals surface area contributed by atoms with Crippen LogP contribution in [0, 0.1) is 12.8 Å². The van der Waals surface area contributed by atoms with Gasteiger partial charge in [0.25, 0.3) is 0 Å². The Kier molecular flexibility index (Phi) is 4.17. The van der Waals surface area contributed by atoms with E-state index in [1.54, 1.807) is 0 Å². The zero-order valence-electron chi connectivity index (χ0n) is 15.9. The van der Waals surface area contributed by atoms with Crippen LogP contribution >= 0.6 is 11.6 Å². The Morgan fingerprint density at radius 1 is 1.19 bits per heavy atom. The minimum Gasteiger partial charge on any atom is -0.438 e. The largest absolute Gasteiger partial charge is 0.438 e. The number of aryl methyl sites for hydroxylation is 2. The molecule has 0 atom stereocenters. The molecular formula is C21H25ClN4O. The summed E-state index contributed by atoms with van der Waals surface area (Å²) in [5.74, 6) is 2.58. The second-order valence-corrected chi connectivity index (χ2v) is 8.37. The number of hydrogen-bond donors (Lipinski definition) is 0. The number of aromatic nitrogens is 2. The molecule has 0 unspecified atom stereocenters. The molecule has 5 nitrogen and oxygen atoms in total. The third kappa shape index (κ3) is 3.23. The first-order valence-corrected chi connectivity index (χ1v) is 10.2. The van der Waals surface area contributed by atoms with Crippen molar-refractivity contribution in [2.24, 2.45) is 13.0 Å². The highest BCUT2D eigenvalue weighted by Gasteiger charge is 2.29. The van der Waals surface area contributed by atoms with E-state index in [1.165, 1.54) is 25.1 Å². The number of ether oxygens (including phenoxy) is 1. The fraction of sp³-hybridized carbons (Fsp3) is 0.476. The van der Waals surface area contributed by atoms with Gasteiger partial charge in [-0.05, 0) is 50.0 Å². The summed E-state index contributed by atoms with van der Waals surface area (Å²) in [4.78, 5) is 5.09. The summed E-state index contributed by atoms with van der Waals surface area (Å²) in [7, 11) is 1.93. The summed E-state index contributed by atoms with van der Waals surface area (Å²) in [5, 5.41) is 5.28. The van der Waals surface area contributed by atoms with Crippen molar-refractivity contribution >= 4 is 23.4 Å². The SMILES string of the molecule is Cc1nn(C)c2c1C=C(N1CCN(CC3CC3)CC1)c1cc(Cl)ccc1O2. The van der Waals surface area contributed by atoms with E-state index in [1.807, 2.05) is 36.9 Å². The number of piperazine rings is 1. The number of halogens is 1. The van der Waals surface area contributed by atoms with Crippen molar-refractivity contribution in [1.82, 2.24) is 19.6 Å². The number of rotatable bonds is 3. The van der Waals surface area contributed by atoms with Crippen LogP contribution in [0.1, 0.15) is 29.7 Å². The Hall–Kier alpha value is -1.98. The van der Waals surface area contributed by atoms with Crippen LogP contribution in [0.25, 0.3) is 11.8 Å². The molecule has 0 N–H and O–H groups in total. The van der Waals surface area contributed by atoms with Gasteiger partial charge in [0.15, 0.2) is 0 Å². The molecule has 2 fully saturated rings. The van der Waals surface area contributed by atoms with Crippen LogP contribution in [-0.2, 0) is 7.05 Å². The molecule has 2 aliphatic heterocycles. The van der Waals surface area contributed by atoms with E-state index < -0.39 is 0 Å². The van der Waals surface area contributed by atoms with Crippen molar-refractivity contribution in [3.63, 3.8) is 0 Å². The lowest BCUT2D eigenvalue weighted by Gasteiger charge is -2.37. The molecule has 6 heteroatoms. The van der Waals surface area contributed by atoms with Gasteiger partial charge < -0.3 is 9.64 Å². The first-order valence-electron chi connectivity index (χ1n) is 9.79. The summed E-state index contributed by atoms with van der Waals surface area (Å²) in [6.45, 7) is 7.59. The summed E-state index contributed by atoms with van der Waals surface area (Å²) in [6, 6.07) is 5.88. The number of nitrogens with zero attached hydrogens (tertiary/aromatic N) is 4. The van der Waals surface area contributed by atoms with E-state index >= 15 is 0 Å². The van der Waals surface area contributed by atoms with Gasteiger partial charge in [-0.15, -0.1) is 0 Å². The Balaban J connectivity index is 1.51. The molecule has 1 saturated heterocycles. The van der Waals surface area contributed by atoms with Gasteiger partial charge in [0.1, 0.15) is 5.75 Å². The van der Waals surface area contributed by atoms with Crippen LogP contribution in [0.4, 0.5) is 0 Å². The third-order valence-electron chi connectivity index (χ3n) is 5.85. The van der Waals surface area contributed by atoms with Gasteiger partial charge in [-0.2, -0.15) is 5.10 Å². The van der Waals surface area contributed by atoms with Gasteiger partial charge in [-0.25, -0.2) is 4.68 Å². The van der Waals surface area contributed by atoms with Gasteiger partial charge in [0.2, 0.25) is 5.88 Å². The highest BCUT2D eigenvalue weighted by atomic mass is 35.5. The van der Waals surface area contributed by atoms with E-state index in [4.69, 9.17) is 16.3 Å². The summed E-state index contributed by atoms with van der Waals surface area (Å²) in [5.41, 5.74) is 4.29. The number of hydrogen-bond acceptors (Lipinski definition) is 4. The molecule has 1 aromatic heterocycles. The summed E-state index contributed by atoms with van der Waals surface area (Å²) in [6.07, 6.45) is 5.06. The zero-order chi connectivity index (χ0) is 18.5. The molecule has 1 aromatic carbocycles. The van der Waals surface area contributed by atoms with Gasteiger partial charge in [-0.3, -0.25) is 4.90 Å². The smallest absolute Gasteiger partial charge is 0.225 e. The molecule has 3 aliphatic rings. The van der Waals surface area contributed by atoms with Crippen LogP contribution in [0.5, 0.6) is 11.6 Å². The molecule has 27 heavy (non-hydrogen) atoms. The van der Waals surface area contributed by atoms with Crippen LogP contribution in [0.15, 0.2) is 18.2 Å². The molecule has 5 rings (SSSR count). The lowest BCUT2D eigenvalue weighted by atomic mass is 10.1. The van der Waals surface area contributed by atoms with Gasteiger partial charge >= 0.3 is 0 Å². The van der Waals surface area contributed by atoms with Crippen LogP contribution in [0.2, 0.25) is 5.02 Å². The Bertz CT molecular complexity index is 907. The zero-order valence-corrected chi connectivity index (χ0v) is 16.7. The Morgan fingerprint density at radius 3 is 2.70 bits per heavy atom. The normalized spacial score (nSPS) is 19.8. The second kappa shape index (κ2) is 6.57. The molecule has 2 aromatic rings. The van der Waals surface area contributed by atoms with Crippen molar-refractivity contribution in [2.75, 3.05) is 32.7 Å². The quantitative estimate of drug-likeness (QED) is 0.800. The molecule has 142 valence electrons. The minimum absolute atomic E-state index is 0.733. The molecule has 3 heterocycles. The molecule has 0 radical (unpaired) electrons. The maximum atomic E-state index is 6.34. The van der Waals surface area contributed by atoms with E-state index in [-0.39, 0.29) is 0 Å². The minimum atomic E-state index is 0.733. The van der Waals surface area contributed by atoms with E-state index in [9.17, 15) is 0 Å². The average molecular weight is 385 g/mol. The molecule has 0 bridgehead atoms. The first kappa shape index (κ1) is 17.1. The predicted octanol–water partition coefficient (Wildman–Crippen LogP) is 4.01. The monoisotopic (exact) mass is 384 g/mol. The standard InChI is InChI=1S/C21H25ClN4O/c1-14-17-12-19(26-9-7-25(8-10-26)13-15-3-4-15)18-11-16(22)5-6-20(18)27-21(17)24(2)23-14/h5-6,11-12,15H,3-4,7-10,13H2,1-2H3. The van der Waals surface area contributed by atoms with Crippen LogP contribution in [-0.4, -0.2) is 52.3 Å². The van der Waals surface area contributed by atoms with Gasteiger partial charge in [0, 0.05) is 56.1 Å². The Labute approximate surface area is 165 Å². The third-order valence-corrected chi connectivity index (χ3v) is 6.08. The lowest BCUT2D eigenvalue weighted by Crippen LogP contribution is -2.46. The molecule has 1 saturated carbocycles. The Morgan fingerprint density at radius 2 is 1.96 bits per heavy atom. The summed E-state index contributed by atoms with van der Waals surface area (Å²) >= 11 is 6.34. The van der Waals surface area contributed by atoms with Gasteiger partial charge in [-0.1, -0.05) is 11.6 Å². The van der Waals surface area contributed by atoms with E-state index in [2.05, 4.69) is 21.0 Å². The van der Waals surface area contributed by atoms with Crippen molar-refractivity contribution in [3.05, 3.63) is 40.0 Å². The maximum Gasteiger partial charge on any atom is 0.225 e. The molecule has 0 spiro atoms. The second-order valence-electron chi connectivity index (χ2n) is 7.93. The predicted molar refractivity (Wildman–Crippen MR) is 108 cm³/mol. The van der Waals surface area contributed by atoms with Crippen molar-refractivity contribution in [3.8, 4) is 11.6 Å². The van der Waals surface area contributed by atoms with Crippen LogP contribution in [0.3, 0.4) is 0 Å². The van der Waals surface area contributed by atoms with Crippen molar-refractivity contribution in [2.45, 2.75) is 19.8 Å². The number of benzene rings is 1. The molecule has 0 amide bonds. The van der Waals surface area contributed by atoms with Crippen molar-refractivity contribution < 1.29 is 4.74 Å². The van der Waals surface area contributed by atoms with E-state index in [0.717, 1.165) is 65.6 Å². The number of fused-ring (bicyclic) bond motifs is 2. The summed E-state index contributed by atoms with van der Waals surface area (Å²) < 4.78 is 8.08. The highest BCUT2D eigenvalue weighted by Crippen LogP contribution is 2.41. The first-order chi connectivity index (χ1) is 13.1. The van der Waals surface area contributed by atoms with Crippen molar-refractivity contribution in [1.29, 1.82) is 0 Å². The fourth-order valence-corrected chi connectivity index (χ4v) is 4.32.